The number of nitrogens with one attached hydrogen (secondary N) is 2. The highest BCUT2D eigenvalue weighted by molar-refractivity contribution is 6.43. The molecule has 1 aromatic rings. The fourth-order valence-electron chi connectivity index (χ4n) is 1.97. The van der Waals surface area contributed by atoms with Gasteiger partial charge < -0.3 is 10.6 Å². The lowest BCUT2D eigenvalue weighted by Crippen LogP contribution is -2.39. The summed E-state index contributed by atoms with van der Waals surface area (Å²) in [6, 6.07) is 6.21. The second-order valence-electron chi connectivity index (χ2n) is 4.13. The molecule has 4 heteroatoms. The summed E-state index contributed by atoms with van der Waals surface area (Å²) < 4.78 is 0. The standard InChI is InChI=1S/C12H16Cl2N2/c13-10-5-3-6-11(12(10)14)16-8-9-4-1-2-7-15-9/h3,5-6,9,15-16H,1-2,4,7-8H2. The number of hydrogen-bond acceptors (Lipinski definition) is 2. The molecule has 0 aliphatic carbocycles. The zero-order valence-electron chi connectivity index (χ0n) is 9.10. The fraction of sp³-hybridized carbons (Fsp3) is 0.500. The fourth-order valence-corrected chi connectivity index (χ4v) is 2.34. The number of rotatable bonds is 3. The summed E-state index contributed by atoms with van der Waals surface area (Å²) in [5, 5.41) is 8.04. The summed E-state index contributed by atoms with van der Waals surface area (Å²) in [6.45, 7) is 2.02. The van der Waals surface area contributed by atoms with E-state index in [0.717, 1.165) is 18.8 Å². The van der Waals surface area contributed by atoms with Crippen LogP contribution >= 0.6 is 23.2 Å². The molecule has 1 saturated heterocycles. The van der Waals surface area contributed by atoms with Gasteiger partial charge in [-0.2, -0.15) is 0 Å². The molecule has 2 nitrogen and oxygen atoms in total. The lowest BCUT2D eigenvalue weighted by Gasteiger charge is -2.24. The Morgan fingerprint density at radius 1 is 1.31 bits per heavy atom. The third-order valence-electron chi connectivity index (χ3n) is 2.90. The molecule has 2 rings (SSSR count). The molecule has 0 spiro atoms. The highest BCUT2D eigenvalue weighted by atomic mass is 35.5. The first-order chi connectivity index (χ1) is 7.77. The van der Waals surface area contributed by atoms with Crippen molar-refractivity contribution in [3.8, 4) is 0 Å². The molecule has 0 aromatic heterocycles. The van der Waals surface area contributed by atoms with Crippen LogP contribution in [0.5, 0.6) is 0 Å². The van der Waals surface area contributed by atoms with E-state index in [2.05, 4.69) is 10.6 Å². The summed E-state index contributed by atoms with van der Waals surface area (Å²) in [4.78, 5) is 0. The van der Waals surface area contributed by atoms with Gasteiger partial charge in [0.15, 0.2) is 0 Å². The van der Waals surface area contributed by atoms with E-state index < -0.39 is 0 Å². The van der Waals surface area contributed by atoms with E-state index in [-0.39, 0.29) is 0 Å². The molecular weight excluding hydrogens is 243 g/mol. The van der Waals surface area contributed by atoms with E-state index in [9.17, 15) is 0 Å². The highest BCUT2D eigenvalue weighted by Gasteiger charge is 2.12. The van der Waals surface area contributed by atoms with E-state index in [1.54, 1.807) is 6.07 Å². The maximum absolute atomic E-state index is 6.10. The molecule has 88 valence electrons. The molecule has 0 saturated carbocycles. The third-order valence-corrected chi connectivity index (χ3v) is 3.72. The molecule has 1 atom stereocenters. The minimum absolute atomic E-state index is 0.545. The molecule has 1 aromatic carbocycles. The molecule has 0 bridgehead atoms. The first-order valence-electron chi connectivity index (χ1n) is 5.68. The molecule has 1 heterocycles. The normalized spacial score (nSPS) is 20.8. The molecule has 1 unspecified atom stereocenters. The van der Waals surface area contributed by atoms with Crippen molar-refractivity contribution >= 4 is 28.9 Å². The van der Waals surface area contributed by atoms with Gasteiger partial charge in [0, 0.05) is 12.6 Å². The Labute approximate surface area is 106 Å². The first kappa shape index (κ1) is 12.0. The van der Waals surface area contributed by atoms with Gasteiger partial charge in [0.1, 0.15) is 0 Å². The Hall–Kier alpha value is -0.440. The van der Waals surface area contributed by atoms with E-state index >= 15 is 0 Å². The Kier molecular flexibility index (Phi) is 4.33. The largest absolute Gasteiger partial charge is 0.382 e. The number of halogens is 2. The van der Waals surface area contributed by atoms with Crippen LogP contribution in [0.15, 0.2) is 18.2 Å². The lowest BCUT2D eigenvalue weighted by atomic mass is 10.1. The molecule has 0 amide bonds. The minimum atomic E-state index is 0.545. The van der Waals surface area contributed by atoms with Gasteiger partial charge in [-0.15, -0.1) is 0 Å². The van der Waals surface area contributed by atoms with E-state index in [1.807, 2.05) is 12.1 Å². The van der Waals surface area contributed by atoms with Gasteiger partial charge in [-0.1, -0.05) is 35.7 Å². The second-order valence-corrected chi connectivity index (χ2v) is 4.91. The average molecular weight is 259 g/mol. The second kappa shape index (κ2) is 5.76. The van der Waals surface area contributed by atoms with E-state index in [4.69, 9.17) is 23.2 Å². The summed E-state index contributed by atoms with van der Waals surface area (Å²) in [6.07, 6.45) is 3.82. The molecule has 0 radical (unpaired) electrons. The highest BCUT2D eigenvalue weighted by Crippen LogP contribution is 2.29. The maximum Gasteiger partial charge on any atom is 0.0823 e. The van der Waals surface area contributed by atoms with Gasteiger partial charge in [-0.3, -0.25) is 0 Å². The summed E-state index contributed by atoms with van der Waals surface area (Å²) in [7, 11) is 0. The molecule has 16 heavy (non-hydrogen) atoms. The van der Waals surface area contributed by atoms with Crippen LogP contribution in [0.1, 0.15) is 19.3 Å². The minimum Gasteiger partial charge on any atom is -0.382 e. The third kappa shape index (κ3) is 3.03. The molecule has 1 fully saturated rings. The Bertz CT molecular complexity index is 349. The van der Waals surface area contributed by atoms with Crippen LogP contribution in [-0.2, 0) is 0 Å². The summed E-state index contributed by atoms with van der Waals surface area (Å²) >= 11 is 12.0. The summed E-state index contributed by atoms with van der Waals surface area (Å²) in [5.74, 6) is 0. The van der Waals surface area contributed by atoms with Crippen LogP contribution in [-0.4, -0.2) is 19.1 Å². The van der Waals surface area contributed by atoms with Crippen molar-refractivity contribution in [3.05, 3.63) is 28.2 Å². The lowest BCUT2D eigenvalue weighted by molar-refractivity contribution is 0.414. The van der Waals surface area contributed by atoms with Crippen molar-refractivity contribution in [1.29, 1.82) is 0 Å². The van der Waals surface area contributed by atoms with Gasteiger partial charge in [0.05, 0.1) is 15.7 Å². The van der Waals surface area contributed by atoms with Crippen molar-refractivity contribution in [2.45, 2.75) is 25.3 Å². The van der Waals surface area contributed by atoms with E-state index in [0.29, 0.717) is 16.1 Å². The van der Waals surface area contributed by atoms with Crippen molar-refractivity contribution in [2.75, 3.05) is 18.4 Å². The van der Waals surface area contributed by atoms with Gasteiger partial charge >= 0.3 is 0 Å². The van der Waals surface area contributed by atoms with Crippen molar-refractivity contribution in [2.24, 2.45) is 0 Å². The van der Waals surface area contributed by atoms with Crippen molar-refractivity contribution < 1.29 is 0 Å². The smallest absolute Gasteiger partial charge is 0.0823 e. The van der Waals surface area contributed by atoms with Gasteiger partial charge in [-0.05, 0) is 31.5 Å². The van der Waals surface area contributed by atoms with Crippen molar-refractivity contribution in [1.82, 2.24) is 5.32 Å². The van der Waals surface area contributed by atoms with Crippen LogP contribution in [0.3, 0.4) is 0 Å². The summed E-state index contributed by atoms with van der Waals surface area (Å²) in [5.41, 5.74) is 0.918. The van der Waals surface area contributed by atoms with Gasteiger partial charge in [0.25, 0.3) is 0 Å². The Morgan fingerprint density at radius 3 is 2.94 bits per heavy atom. The monoisotopic (exact) mass is 258 g/mol. The molecule has 1 aliphatic rings. The number of piperidine rings is 1. The topological polar surface area (TPSA) is 24.1 Å². The number of hydrogen-bond donors (Lipinski definition) is 2. The van der Waals surface area contributed by atoms with Crippen LogP contribution in [0.25, 0.3) is 0 Å². The molecular formula is C12H16Cl2N2. The number of benzene rings is 1. The zero-order valence-corrected chi connectivity index (χ0v) is 10.6. The predicted octanol–water partition coefficient (Wildman–Crippen LogP) is 3.55. The van der Waals surface area contributed by atoms with Gasteiger partial charge in [-0.25, -0.2) is 0 Å². The molecule has 2 N–H and O–H groups in total. The maximum atomic E-state index is 6.10. The quantitative estimate of drug-likeness (QED) is 0.867. The van der Waals surface area contributed by atoms with Crippen LogP contribution in [0.2, 0.25) is 10.0 Å². The predicted molar refractivity (Wildman–Crippen MR) is 70.6 cm³/mol. The Morgan fingerprint density at radius 2 is 2.19 bits per heavy atom. The first-order valence-corrected chi connectivity index (χ1v) is 6.44. The average Bonchev–Trinajstić information content (AvgIpc) is 2.32. The van der Waals surface area contributed by atoms with Crippen LogP contribution in [0.4, 0.5) is 5.69 Å². The van der Waals surface area contributed by atoms with E-state index in [1.165, 1.54) is 19.3 Å². The SMILES string of the molecule is Clc1cccc(NCC2CCCCN2)c1Cl. The van der Waals surface area contributed by atoms with Crippen LogP contribution in [0, 0.1) is 0 Å². The number of anilines is 1. The van der Waals surface area contributed by atoms with Crippen molar-refractivity contribution in [3.63, 3.8) is 0 Å². The zero-order chi connectivity index (χ0) is 11.4. The Balaban J connectivity index is 1.91. The van der Waals surface area contributed by atoms with Crippen LogP contribution < -0.4 is 10.6 Å². The van der Waals surface area contributed by atoms with Gasteiger partial charge in [0.2, 0.25) is 0 Å². The molecule has 1 aliphatic heterocycles.